The molecule has 1 atom stereocenters. The van der Waals surface area contributed by atoms with Gasteiger partial charge in [-0.2, -0.15) is 0 Å². The van der Waals surface area contributed by atoms with Crippen molar-refractivity contribution < 1.29 is 26.8 Å². The summed E-state index contributed by atoms with van der Waals surface area (Å²) >= 11 is 0. The Morgan fingerprint density at radius 3 is 2.48 bits per heavy atom. The highest BCUT2D eigenvalue weighted by molar-refractivity contribution is 7.89. The lowest BCUT2D eigenvalue weighted by atomic mass is 10.2. The van der Waals surface area contributed by atoms with Gasteiger partial charge in [-0.15, -0.1) is 0 Å². The van der Waals surface area contributed by atoms with Crippen molar-refractivity contribution in [2.75, 3.05) is 5.32 Å². The van der Waals surface area contributed by atoms with Crippen LogP contribution in [0.3, 0.4) is 0 Å². The van der Waals surface area contributed by atoms with E-state index in [9.17, 15) is 18.0 Å². The molecule has 2 amide bonds. The summed E-state index contributed by atoms with van der Waals surface area (Å²) in [6, 6.07) is 11.3. The number of hydrogen-bond acceptors (Lipinski definition) is 6. The van der Waals surface area contributed by atoms with Gasteiger partial charge in [0.2, 0.25) is 15.9 Å². The monoisotopic (exact) mass is 417 g/mol. The van der Waals surface area contributed by atoms with E-state index in [2.05, 4.69) is 15.4 Å². The van der Waals surface area contributed by atoms with Crippen molar-refractivity contribution in [1.82, 2.24) is 10.0 Å². The summed E-state index contributed by atoms with van der Waals surface area (Å²) in [7, 11) is -3.81. The zero-order chi connectivity index (χ0) is 20.9. The van der Waals surface area contributed by atoms with Gasteiger partial charge in [0.15, 0.2) is 5.76 Å². The van der Waals surface area contributed by atoms with Crippen molar-refractivity contribution in [3.05, 3.63) is 72.6 Å². The molecule has 0 bridgehead atoms. The summed E-state index contributed by atoms with van der Waals surface area (Å²) in [6.45, 7) is 1.50. The topological polar surface area (TPSA) is 131 Å². The molecule has 0 saturated heterocycles. The molecule has 3 rings (SSSR count). The molecule has 0 aliphatic rings. The summed E-state index contributed by atoms with van der Waals surface area (Å²) in [6.07, 6.45) is 2.80. The van der Waals surface area contributed by atoms with E-state index in [-0.39, 0.29) is 22.9 Å². The van der Waals surface area contributed by atoms with E-state index in [4.69, 9.17) is 8.83 Å². The van der Waals surface area contributed by atoms with Crippen molar-refractivity contribution in [3.63, 3.8) is 0 Å². The molecule has 3 N–H and O–H groups in total. The smallest absolute Gasteiger partial charge is 0.287 e. The van der Waals surface area contributed by atoms with Crippen molar-refractivity contribution >= 4 is 27.5 Å². The van der Waals surface area contributed by atoms with Crippen LogP contribution in [-0.4, -0.2) is 26.3 Å². The first-order valence-electron chi connectivity index (χ1n) is 8.62. The van der Waals surface area contributed by atoms with E-state index in [0.717, 1.165) is 0 Å². The normalized spacial score (nSPS) is 12.3. The van der Waals surface area contributed by atoms with Crippen LogP contribution in [0.1, 0.15) is 23.2 Å². The van der Waals surface area contributed by atoms with Gasteiger partial charge in [0.05, 0.1) is 24.0 Å². The molecule has 0 fully saturated rings. The number of nitrogens with one attached hydrogen (secondary N) is 3. The molecule has 152 valence electrons. The molecule has 29 heavy (non-hydrogen) atoms. The largest absolute Gasteiger partial charge is 0.468 e. The number of carbonyl (C=O) groups is 2. The van der Waals surface area contributed by atoms with Gasteiger partial charge in [-0.25, -0.2) is 13.1 Å². The third-order valence-corrected chi connectivity index (χ3v) is 5.31. The minimum atomic E-state index is -3.81. The highest BCUT2D eigenvalue weighted by atomic mass is 32.2. The number of carbonyl (C=O) groups excluding carboxylic acids is 2. The highest BCUT2D eigenvalue weighted by Gasteiger charge is 2.19. The van der Waals surface area contributed by atoms with Gasteiger partial charge in [0.1, 0.15) is 11.8 Å². The van der Waals surface area contributed by atoms with Crippen molar-refractivity contribution in [2.24, 2.45) is 0 Å². The van der Waals surface area contributed by atoms with Crippen molar-refractivity contribution in [3.8, 4) is 0 Å². The summed E-state index contributed by atoms with van der Waals surface area (Å²) in [4.78, 5) is 24.3. The number of hydrogen-bond donors (Lipinski definition) is 3. The second-order valence-electron chi connectivity index (χ2n) is 6.09. The van der Waals surface area contributed by atoms with Crippen LogP contribution in [0.15, 0.2) is 74.8 Å². The van der Waals surface area contributed by atoms with Crippen LogP contribution in [-0.2, 0) is 21.4 Å². The second-order valence-corrected chi connectivity index (χ2v) is 7.86. The van der Waals surface area contributed by atoms with Crippen LogP contribution >= 0.6 is 0 Å². The Morgan fingerprint density at radius 1 is 1.03 bits per heavy atom. The molecule has 0 radical (unpaired) electrons. The first-order valence-corrected chi connectivity index (χ1v) is 10.1. The standard InChI is InChI=1S/C19H19N3O6S/c1-13(21-19(24)17-8-4-10-28-17)18(23)22-14-5-2-7-16(11-14)29(25,26)20-12-15-6-3-9-27-15/h2-11,13,20H,12H2,1H3,(H,21,24)(H,22,23). The molecule has 1 aromatic carbocycles. The van der Waals surface area contributed by atoms with Crippen LogP contribution in [0.25, 0.3) is 0 Å². The fourth-order valence-corrected chi connectivity index (χ4v) is 3.43. The number of rotatable bonds is 8. The predicted molar refractivity (Wildman–Crippen MR) is 103 cm³/mol. The molecule has 9 nitrogen and oxygen atoms in total. The van der Waals surface area contributed by atoms with Crippen LogP contribution in [0.2, 0.25) is 0 Å². The second kappa shape index (κ2) is 8.76. The number of anilines is 1. The molecule has 0 saturated carbocycles. The Bertz CT molecular complexity index is 1080. The van der Waals surface area contributed by atoms with E-state index in [1.54, 1.807) is 24.3 Å². The Balaban J connectivity index is 1.62. The first kappa shape index (κ1) is 20.4. The number of sulfonamides is 1. The zero-order valence-corrected chi connectivity index (χ0v) is 16.2. The van der Waals surface area contributed by atoms with Crippen molar-refractivity contribution in [1.29, 1.82) is 0 Å². The zero-order valence-electron chi connectivity index (χ0n) is 15.4. The SMILES string of the molecule is CC(NC(=O)c1ccco1)C(=O)Nc1cccc(S(=O)(=O)NCc2ccco2)c1. The van der Waals surface area contributed by atoms with E-state index in [0.29, 0.717) is 5.76 Å². The average molecular weight is 417 g/mol. The molecular weight excluding hydrogens is 398 g/mol. The molecular formula is C19H19N3O6S. The van der Waals surface area contributed by atoms with Gasteiger partial charge in [-0.05, 0) is 49.4 Å². The van der Waals surface area contributed by atoms with Crippen LogP contribution in [0.4, 0.5) is 5.69 Å². The summed E-state index contributed by atoms with van der Waals surface area (Å²) in [5.74, 6) is -0.487. The maximum Gasteiger partial charge on any atom is 0.287 e. The lowest BCUT2D eigenvalue weighted by Gasteiger charge is -2.14. The first-order chi connectivity index (χ1) is 13.8. The fraction of sp³-hybridized carbons (Fsp3) is 0.158. The van der Waals surface area contributed by atoms with Crippen molar-refractivity contribution in [2.45, 2.75) is 24.4 Å². The third-order valence-electron chi connectivity index (χ3n) is 3.91. The Hall–Kier alpha value is -3.37. The van der Waals surface area contributed by atoms with E-state index in [1.165, 1.54) is 43.7 Å². The van der Waals surface area contributed by atoms with Gasteiger partial charge in [0, 0.05) is 5.69 Å². The van der Waals surface area contributed by atoms with Gasteiger partial charge in [-0.3, -0.25) is 9.59 Å². The molecule has 0 aliphatic heterocycles. The number of benzene rings is 1. The van der Waals surface area contributed by atoms with E-state index >= 15 is 0 Å². The van der Waals surface area contributed by atoms with Crippen LogP contribution < -0.4 is 15.4 Å². The van der Waals surface area contributed by atoms with E-state index in [1.807, 2.05) is 0 Å². The Kier molecular flexibility index (Phi) is 6.15. The Labute approximate surface area is 167 Å². The quantitative estimate of drug-likeness (QED) is 0.515. The molecule has 0 spiro atoms. The summed E-state index contributed by atoms with van der Waals surface area (Å²) in [5, 5.41) is 5.08. The van der Waals surface area contributed by atoms with Gasteiger partial charge < -0.3 is 19.5 Å². The number of furan rings is 2. The minimum Gasteiger partial charge on any atom is -0.468 e. The summed E-state index contributed by atoms with van der Waals surface area (Å²) in [5.41, 5.74) is 0.273. The third kappa shape index (κ3) is 5.33. The fourth-order valence-electron chi connectivity index (χ4n) is 2.40. The average Bonchev–Trinajstić information content (AvgIpc) is 3.40. The maximum atomic E-state index is 12.4. The highest BCUT2D eigenvalue weighted by Crippen LogP contribution is 2.16. The molecule has 10 heteroatoms. The van der Waals surface area contributed by atoms with Crippen LogP contribution in [0.5, 0.6) is 0 Å². The molecule has 1 unspecified atom stereocenters. The molecule has 3 aromatic rings. The number of amides is 2. The van der Waals surface area contributed by atoms with Gasteiger partial charge >= 0.3 is 0 Å². The Morgan fingerprint density at radius 2 is 1.79 bits per heavy atom. The minimum absolute atomic E-state index is 0.00175. The van der Waals surface area contributed by atoms with Crippen LogP contribution in [0, 0.1) is 0 Å². The molecule has 2 heterocycles. The molecule has 0 aliphatic carbocycles. The van der Waals surface area contributed by atoms with E-state index < -0.39 is 27.9 Å². The summed E-state index contributed by atoms with van der Waals surface area (Å²) < 4.78 is 37.4. The maximum absolute atomic E-state index is 12.4. The predicted octanol–water partition coefficient (Wildman–Crippen LogP) is 2.11. The van der Waals surface area contributed by atoms with Gasteiger partial charge in [-0.1, -0.05) is 6.07 Å². The lowest BCUT2D eigenvalue weighted by molar-refractivity contribution is -0.117. The lowest BCUT2D eigenvalue weighted by Crippen LogP contribution is -2.41. The molecule has 2 aromatic heterocycles. The van der Waals surface area contributed by atoms with Gasteiger partial charge in [0.25, 0.3) is 5.91 Å².